The second-order valence-corrected chi connectivity index (χ2v) is 3.78. The molecule has 1 atom stereocenters. The van der Waals surface area contributed by atoms with Gasteiger partial charge in [-0.15, -0.1) is 0 Å². The topological polar surface area (TPSA) is 32.3 Å². The van der Waals surface area contributed by atoms with Crippen molar-refractivity contribution in [3.63, 3.8) is 0 Å². The van der Waals surface area contributed by atoms with E-state index in [1.165, 1.54) is 12.1 Å². The van der Waals surface area contributed by atoms with E-state index in [9.17, 15) is 13.9 Å². The number of aliphatic hydroxyl groups is 1. The first-order valence-corrected chi connectivity index (χ1v) is 5.46. The van der Waals surface area contributed by atoms with E-state index in [0.717, 1.165) is 19.0 Å². The number of halogens is 2. The predicted molar refractivity (Wildman–Crippen MR) is 59.2 cm³/mol. The lowest BCUT2D eigenvalue weighted by Crippen LogP contribution is -2.29. The first-order chi connectivity index (χ1) is 7.65. The molecule has 16 heavy (non-hydrogen) atoms. The molecule has 0 spiro atoms. The zero-order valence-corrected chi connectivity index (χ0v) is 9.34. The Kier molecular flexibility index (Phi) is 5.35. The van der Waals surface area contributed by atoms with Crippen molar-refractivity contribution in [3.05, 3.63) is 35.4 Å². The van der Waals surface area contributed by atoms with Crippen LogP contribution in [0.2, 0.25) is 0 Å². The lowest BCUT2D eigenvalue weighted by atomic mass is 10.1. The van der Waals surface area contributed by atoms with Gasteiger partial charge < -0.3 is 10.4 Å². The van der Waals surface area contributed by atoms with Crippen molar-refractivity contribution in [2.45, 2.75) is 25.9 Å². The van der Waals surface area contributed by atoms with Gasteiger partial charge in [0.15, 0.2) is 11.6 Å². The van der Waals surface area contributed by atoms with E-state index in [1.54, 1.807) is 0 Å². The summed E-state index contributed by atoms with van der Waals surface area (Å²) < 4.78 is 26.1. The Balaban J connectivity index is 2.49. The predicted octanol–water partition coefficient (Wildman–Crippen LogP) is 1.87. The summed E-state index contributed by atoms with van der Waals surface area (Å²) in [7, 11) is 0. The lowest BCUT2D eigenvalue weighted by molar-refractivity contribution is 0.170. The average Bonchev–Trinajstić information content (AvgIpc) is 2.25. The Morgan fingerprint density at radius 1 is 1.38 bits per heavy atom. The zero-order valence-electron chi connectivity index (χ0n) is 9.34. The van der Waals surface area contributed by atoms with Crippen molar-refractivity contribution in [2.75, 3.05) is 13.1 Å². The van der Waals surface area contributed by atoms with Crippen LogP contribution < -0.4 is 5.32 Å². The number of benzene rings is 1. The first kappa shape index (κ1) is 13.1. The maximum absolute atomic E-state index is 13.2. The van der Waals surface area contributed by atoms with Gasteiger partial charge in [-0.05, 0) is 24.6 Å². The molecule has 0 saturated heterocycles. The van der Waals surface area contributed by atoms with Crippen LogP contribution in [0.5, 0.6) is 0 Å². The molecule has 0 fully saturated rings. The second-order valence-electron chi connectivity index (χ2n) is 3.78. The van der Waals surface area contributed by atoms with E-state index < -0.39 is 17.7 Å². The first-order valence-electron chi connectivity index (χ1n) is 5.46. The Bertz CT molecular complexity index is 331. The highest BCUT2D eigenvalue weighted by Gasteiger charge is 2.11. The van der Waals surface area contributed by atoms with Crippen molar-refractivity contribution >= 4 is 0 Å². The molecule has 0 saturated carbocycles. The Labute approximate surface area is 94.3 Å². The Morgan fingerprint density at radius 2 is 2.12 bits per heavy atom. The highest BCUT2D eigenvalue weighted by Crippen LogP contribution is 2.13. The fourth-order valence-corrected chi connectivity index (χ4v) is 1.48. The van der Waals surface area contributed by atoms with Crippen molar-refractivity contribution in [3.8, 4) is 0 Å². The molecule has 0 aliphatic carbocycles. The molecule has 1 rings (SSSR count). The second kappa shape index (κ2) is 6.55. The third-order valence-corrected chi connectivity index (χ3v) is 2.29. The highest BCUT2D eigenvalue weighted by atomic mass is 19.2. The van der Waals surface area contributed by atoms with Crippen molar-refractivity contribution in [1.82, 2.24) is 5.32 Å². The van der Waals surface area contributed by atoms with Crippen LogP contribution in [0.3, 0.4) is 0 Å². The van der Waals surface area contributed by atoms with E-state index >= 15 is 0 Å². The van der Waals surface area contributed by atoms with Crippen LogP contribution in [0.15, 0.2) is 18.2 Å². The monoisotopic (exact) mass is 229 g/mol. The SMILES string of the molecule is CCCNCC(O)Cc1cccc(F)c1F. The average molecular weight is 229 g/mol. The lowest BCUT2D eigenvalue weighted by Gasteiger charge is -2.12. The number of hydrogen-bond acceptors (Lipinski definition) is 2. The van der Waals surface area contributed by atoms with Gasteiger partial charge in [0, 0.05) is 13.0 Å². The number of nitrogens with one attached hydrogen (secondary N) is 1. The Morgan fingerprint density at radius 3 is 2.81 bits per heavy atom. The summed E-state index contributed by atoms with van der Waals surface area (Å²) >= 11 is 0. The fourth-order valence-electron chi connectivity index (χ4n) is 1.48. The summed E-state index contributed by atoms with van der Waals surface area (Å²) in [5, 5.41) is 12.6. The molecule has 2 N–H and O–H groups in total. The molecule has 1 aromatic carbocycles. The molecule has 0 aromatic heterocycles. The molecule has 0 radical (unpaired) electrons. The summed E-state index contributed by atoms with van der Waals surface area (Å²) in [5.41, 5.74) is 0.214. The normalized spacial score (nSPS) is 12.8. The minimum Gasteiger partial charge on any atom is -0.391 e. The van der Waals surface area contributed by atoms with Crippen LogP contribution >= 0.6 is 0 Å². The molecule has 0 heterocycles. The van der Waals surface area contributed by atoms with Gasteiger partial charge in [-0.3, -0.25) is 0 Å². The standard InChI is InChI=1S/C12H17F2NO/c1-2-6-15-8-10(16)7-9-4-3-5-11(13)12(9)14/h3-5,10,15-16H,2,6-8H2,1H3. The minimum absolute atomic E-state index is 0.125. The quantitative estimate of drug-likeness (QED) is 0.730. The molecular weight excluding hydrogens is 212 g/mol. The van der Waals surface area contributed by atoms with Crippen LogP contribution in [0.4, 0.5) is 8.78 Å². The molecule has 2 nitrogen and oxygen atoms in total. The maximum Gasteiger partial charge on any atom is 0.162 e. The molecule has 0 aliphatic heterocycles. The molecule has 90 valence electrons. The molecular formula is C12H17F2NO. The van der Waals surface area contributed by atoms with Crippen molar-refractivity contribution < 1.29 is 13.9 Å². The summed E-state index contributed by atoms with van der Waals surface area (Å²) in [4.78, 5) is 0. The van der Waals surface area contributed by atoms with Gasteiger partial charge in [0.1, 0.15) is 0 Å². The summed E-state index contributed by atoms with van der Waals surface area (Å²) in [6.45, 7) is 3.22. The summed E-state index contributed by atoms with van der Waals surface area (Å²) in [6, 6.07) is 4.00. The molecule has 0 aliphatic rings. The van der Waals surface area contributed by atoms with Gasteiger partial charge in [0.25, 0.3) is 0 Å². The molecule has 0 bridgehead atoms. The third-order valence-electron chi connectivity index (χ3n) is 2.29. The van der Waals surface area contributed by atoms with Crippen LogP contribution in [-0.4, -0.2) is 24.3 Å². The van der Waals surface area contributed by atoms with Crippen LogP contribution in [0.1, 0.15) is 18.9 Å². The van der Waals surface area contributed by atoms with E-state index in [-0.39, 0.29) is 12.0 Å². The van der Waals surface area contributed by atoms with E-state index in [2.05, 4.69) is 5.32 Å². The molecule has 0 amide bonds. The maximum atomic E-state index is 13.2. The van der Waals surface area contributed by atoms with Gasteiger partial charge >= 0.3 is 0 Å². The van der Waals surface area contributed by atoms with Crippen LogP contribution in [0, 0.1) is 11.6 Å². The number of rotatable bonds is 6. The van der Waals surface area contributed by atoms with Gasteiger partial charge in [0.05, 0.1) is 6.10 Å². The molecule has 1 unspecified atom stereocenters. The zero-order chi connectivity index (χ0) is 12.0. The van der Waals surface area contributed by atoms with E-state index in [1.807, 2.05) is 6.92 Å². The van der Waals surface area contributed by atoms with Gasteiger partial charge in [-0.25, -0.2) is 8.78 Å². The summed E-state index contributed by atoms with van der Waals surface area (Å²) in [6.07, 6.45) is 0.407. The summed E-state index contributed by atoms with van der Waals surface area (Å²) in [5.74, 6) is -1.73. The highest BCUT2D eigenvalue weighted by molar-refractivity contribution is 5.19. The largest absolute Gasteiger partial charge is 0.391 e. The van der Waals surface area contributed by atoms with Crippen molar-refractivity contribution in [1.29, 1.82) is 0 Å². The molecule has 4 heteroatoms. The third kappa shape index (κ3) is 3.87. The van der Waals surface area contributed by atoms with Crippen LogP contribution in [-0.2, 0) is 6.42 Å². The van der Waals surface area contributed by atoms with Crippen molar-refractivity contribution in [2.24, 2.45) is 0 Å². The van der Waals surface area contributed by atoms with Gasteiger partial charge in [0.2, 0.25) is 0 Å². The fraction of sp³-hybridized carbons (Fsp3) is 0.500. The van der Waals surface area contributed by atoms with Crippen LogP contribution in [0.25, 0.3) is 0 Å². The van der Waals surface area contributed by atoms with E-state index in [4.69, 9.17) is 0 Å². The smallest absolute Gasteiger partial charge is 0.162 e. The number of hydrogen-bond donors (Lipinski definition) is 2. The minimum atomic E-state index is -0.869. The number of aliphatic hydroxyl groups excluding tert-OH is 1. The molecule has 1 aromatic rings. The van der Waals surface area contributed by atoms with Gasteiger partial charge in [-0.1, -0.05) is 19.1 Å². The van der Waals surface area contributed by atoms with Gasteiger partial charge in [-0.2, -0.15) is 0 Å². The Hall–Kier alpha value is -1.00. The van der Waals surface area contributed by atoms with E-state index in [0.29, 0.717) is 6.54 Å².